The largest absolute Gasteiger partial charge is 0.316 e. The zero-order valence-electron chi connectivity index (χ0n) is 5.96. The van der Waals surface area contributed by atoms with Gasteiger partial charge in [0, 0.05) is 7.05 Å². The Balaban J connectivity index is 4.36. The quantitative estimate of drug-likeness (QED) is 0.523. The summed E-state index contributed by atoms with van der Waals surface area (Å²) in [5.74, 6) is -0.248. The molecule has 0 saturated heterocycles. The molecule has 0 radical (unpaired) electrons. The van der Waals surface area contributed by atoms with E-state index in [2.05, 4.69) is 4.99 Å². The first-order chi connectivity index (χ1) is 4.63. The summed E-state index contributed by atoms with van der Waals surface area (Å²) in [7, 11) is 1.43. The summed E-state index contributed by atoms with van der Waals surface area (Å²) in [6.07, 6.45) is 0. The van der Waals surface area contributed by atoms with Crippen LogP contribution in [0.3, 0.4) is 0 Å². The number of Topliss-reactive ketones (excluding diaryl/α,β-unsaturated/α-hetero) is 1. The van der Waals surface area contributed by atoms with Crippen LogP contribution >= 0.6 is 0 Å². The van der Waals surface area contributed by atoms with Crippen LogP contribution in [0, 0.1) is 11.3 Å². The number of carbonyl (C=O) groups excluding carboxylic acids is 1. The van der Waals surface area contributed by atoms with Crippen LogP contribution in [-0.2, 0) is 4.79 Å². The van der Waals surface area contributed by atoms with Gasteiger partial charge in [0.1, 0.15) is 17.8 Å². The molecular weight excluding hydrogens is 130 g/mol. The number of carbonyl (C=O) groups is 1. The summed E-state index contributed by atoms with van der Waals surface area (Å²) in [6.45, 7) is 1.33. The van der Waals surface area contributed by atoms with Crippen LogP contribution in [0.2, 0.25) is 0 Å². The van der Waals surface area contributed by atoms with Gasteiger partial charge in [-0.3, -0.25) is 9.79 Å². The highest BCUT2D eigenvalue weighted by Crippen LogP contribution is 1.85. The SMILES string of the molecule is CN=C(C#N)C(N)C(C)=O. The summed E-state index contributed by atoms with van der Waals surface area (Å²) in [5.41, 5.74) is 5.36. The van der Waals surface area contributed by atoms with Crippen LogP contribution < -0.4 is 5.73 Å². The van der Waals surface area contributed by atoms with E-state index in [0.29, 0.717) is 0 Å². The van der Waals surface area contributed by atoms with Crippen molar-refractivity contribution in [2.24, 2.45) is 10.7 Å². The van der Waals surface area contributed by atoms with Crippen molar-refractivity contribution in [1.82, 2.24) is 0 Å². The highest BCUT2D eigenvalue weighted by molar-refractivity contribution is 6.15. The predicted octanol–water partition coefficient (Wildman–Crippen LogP) is -0.503. The fourth-order valence-corrected chi connectivity index (χ4v) is 0.451. The molecule has 0 aromatic carbocycles. The molecule has 0 fully saturated rings. The predicted molar refractivity (Wildman–Crippen MR) is 37.6 cm³/mol. The van der Waals surface area contributed by atoms with E-state index in [1.807, 2.05) is 0 Å². The van der Waals surface area contributed by atoms with Gasteiger partial charge in [-0.25, -0.2) is 0 Å². The Bertz CT molecular complexity index is 202. The summed E-state index contributed by atoms with van der Waals surface area (Å²) >= 11 is 0. The van der Waals surface area contributed by atoms with Crippen LogP contribution in [0.1, 0.15) is 6.92 Å². The highest BCUT2D eigenvalue weighted by Gasteiger charge is 2.13. The lowest BCUT2D eigenvalue weighted by Gasteiger charge is -2.01. The zero-order chi connectivity index (χ0) is 8.15. The number of hydrogen-bond acceptors (Lipinski definition) is 4. The normalized spacial score (nSPS) is 14.0. The first-order valence-electron chi connectivity index (χ1n) is 2.76. The van der Waals surface area contributed by atoms with Gasteiger partial charge in [0.2, 0.25) is 0 Å². The zero-order valence-corrected chi connectivity index (χ0v) is 5.96. The van der Waals surface area contributed by atoms with E-state index >= 15 is 0 Å². The lowest BCUT2D eigenvalue weighted by Crippen LogP contribution is -2.36. The molecule has 0 saturated carbocycles. The van der Waals surface area contributed by atoms with Crippen LogP contribution in [-0.4, -0.2) is 24.6 Å². The van der Waals surface area contributed by atoms with Crippen LogP contribution in [0.15, 0.2) is 4.99 Å². The van der Waals surface area contributed by atoms with Gasteiger partial charge in [0.15, 0.2) is 5.78 Å². The minimum absolute atomic E-state index is 0.0764. The second-order valence-electron chi connectivity index (χ2n) is 1.81. The maximum Gasteiger partial charge on any atom is 0.153 e. The van der Waals surface area contributed by atoms with Gasteiger partial charge in [-0.2, -0.15) is 5.26 Å². The second kappa shape index (κ2) is 3.75. The third-order valence-corrected chi connectivity index (χ3v) is 1.09. The maximum absolute atomic E-state index is 10.5. The maximum atomic E-state index is 10.5. The van der Waals surface area contributed by atoms with Crippen molar-refractivity contribution in [2.75, 3.05) is 7.05 Å². The molecule has 2 N–H and O–H groups in total. The highest BCUT2D eigenvalue weighted by atomic mass is 16.1. The van der Waals surface area contributed by atoms with Crippen molar-refractivity contribution < 1.29 is 4.79 Å². The Morgan fingerprint density at radius 1 is 1.80 bits per heavy atom. The summed E-state index contributed by atoms with van der Waals surface area (Å²) < 4.78 is 0. The van der Waals surface area contributed by atoms with E-state index in [9.17, 15) is 4.79 Å². The van der Waals surface area contributed by atoms with Crippen LogP contribution in [0.25, 0.3) is 0 Å². The Labute approximate surface area is 59.4 Å². The molecule has 4 nitrogen and oxygen atoms in total. The molecule has 0 spiro atoms. The molecule has 0 heterocycles. The third-order valence-electron chi connectivity index (χ3n) is 1.09. The molecule has 0 amide bonds. The van der Waals surface area contributed by atoms with Gasteiger partial charge in [0.05, 0.1) is 0 Å². The molecule has 10 heavy (non-hydrogen) atoms. The topological polar surface area (TPSA) is 79.2 Å². The van der Waals surface area contributed by atoms with Crippen molar-refractivity contribution in [1.29, 1.82) is 5.26 Å². The lowest BCUT2D eigenvalue weighted by molar-refractivity contribution is -0.116. The Hall–Kier alpha value is -1.21. The van der Waals surface area contributed by atoms with Crippen LogP contribution in [0.5, 0.6) is 0 Å². The van der Waals surface area contributed by atoms with Crippen molar-refractivity contribution >= 4 is 11.5 Å². The van der Waals surface area contributed by atoms with E-state index in [-0.39, 0.29) is 11.5 Å². The third kappa shape index (κ3) is 1.96. The number of rotatable bonds is 2. The van der Waals surface area contributed by atoms with Crippen molar-refractivity contribution in [3.8, 4) is 6.07 Å². The molecule has 54 valence electrons. The Kier molecular flexibility index (Phi) is 3.29. The fourth-order valence-electron chi connectivity index (χ4n) is 0.451. The van der Waals surface area contributed by atoms with Crippen molar-refractivity contribution in [3.63, 3.8) is 0 Å². The standard InChI is InChI=1S/C6H9N3O/c1-4(10)6(8)5(3-7)9-2/h6H,8H2,1-2H3. The van der Waals surface area contributed by atoms with Crippen LogP contribution in [0.4, 0.5) is 0 Å². The average molecular weight is 139 g/mol. The number of ketones is 1. The molecule has 4 heteroatoms. The van der Waals surface area contributed by atoms with Gasteiger partial charge in [-0.1, -0.05) is 0 Å². The molecule has 0 aliphatic heterocycles. The van der Waals surface area contributed by atoms with E-state index in [1.54, 1.807) is 6.07 Å². The van der Waals surface area contributed by atoms with E-state index in [4.69, 9.17) is 11.0 Å². The first-order valence-corrected chi connectivity index (χ1v) is 2.76. The molecule has 0 aliphatic carbocycles. The van der Waals surface area contributed by atoms with Gasteiger partial charge in [-0.15, -0.1) is 0 Å². The monoisotopic (exact) mass is 139 g/mol. The van der Waals surface area contributed by atoms with Gasteiger partial charge < -0.3 is 5.73 Å². The van der Waals surface area contributed by atoms with Crippen molar-refractivity contribution in [2.45, 2.75) is 13.0 Å². The minimum atomic E-state index is -0.852. The number of nitrogens with two attached hydrogens (primary N) is 1. The lowest BCUT2D eigenvalue weighted by atomic mass is 10.1. The molecule has 0 aliphatic rings. The number of nitrogens with zero attached hydrogens (tertiary/aromatic N) is 2. The fraction of sp³-hybridized carbons (Fsp3) is 0.500. The summed E-state index contributed by atoms with van der Waals surface area (Å²) in [4.78, 5) is 14.1. The molecule has 0 bridgehead atoms. The molecule has 0 aromatic rings. The summed E-state index contributed by atoms with van der Waals surface area (Å²) in [5, 5.41) is 8.33. The van der Waals surface area contributed by atoms with E-state index < -0.39 is 6.04 Å². The molecule has 0 rings (SSSR count). The molecule has 0 aromatic heterocycles. The number of nitriles is 1. The molecule has 1 unspecified atom stereocenters. The number of hydrogen-bond donors (Lipinski definition) is 1. The first kappa shape index (κ1) is 8.79. The van der Waals surface area contributed by atoms with Gasteiger partial charge in [-0.05, 0) is 6.92 Å². The smallest absolute Gasteiger partial charge is 0.153 e. The minimum Gasteiger partial charge on any atom is -0.316 e. The van der Waals surface area contributed by atoms with Gasteiger partial charge >= 0.3 is 0 Å². The Morgan fingerprint density at radius 3 is 2.40 bits per heavy atom. The molecular formula is C6H9N3O. The Morgan fingerprint density at radius 2 is 2.30 bits per heavy atom. The average Bonchev–Trinajstić information content (AvgIpc) is 1.90. The van der Waals surface area contributed by atoms with Gasteiger partial charge in [0.25, 0.3) is 0 Å². The molecule has 1 atom stereocenters. The summed E-state index contributed by atoms with van der Waals surface area (Å²) in [6, 6.07) is 0.885. The number of aliphatic imine (C=N–C) groups is 1. The van der Waals surface area contributed by atoms with Crippen molar-refractivity contribution in [3.05, 3.63) is 0 Å². The second-order valence-corrected chi connectivity index (χ2v) is 1.81. The van der Waals surface area contributed by atoms with E-state index in [0.717, 1.165) is 0 Å². The van der Waals surface area contributed by atoms with E-state index in [1.165, 1.54) is 14.0 Å².